The Hall–Kier alpha value is -1.48. The van der Waals surface area contributed by atoms with Gasteiger partial charge < -0.3 is 14.8 Å². The Morgan fingerprint density at radius 1 is 1.46 bits per heavy atom. The molecule has 7 nitrogen and oxygen atoms in total. The van der Waals surface area contributed by atoms with Crippen LogP contribution in [0, 0.1) is 0 Å². The first-order valence-electron chi connectivity index (χ1n) is 7.94. The SMILES string of the molecule is COCCCNC(=O)c1cccc(S(=O)(=O)N2CCOC(C)C2)c1. The fourth-order valence-corrected chi connectivity index (χ4v) is 4.02. The highest BCUT2D eigenvalue weighted by Gasteiger charge is 2.29. The molecule has 0 bridgehead atoms. The predicted molar refractivity (Wildman–Crippen MR) is 89.4 cm³/mol. The summed E-state index contributed by atoms with van der Waals surface area (Å²) < 4.78 is 37.2. The summed E-state index contributed by atoms with van der Waals surface area (Å²) in [4.78, 5) is 12.3. The normalized spacial score (nSPS) is 19.2. The van der Waals surface area contributed by atoms with Crippen LogP contribution in [0.1, 0.15) is 23.7 Å². The Kier molecular flexibility index (Phi) is 6.73. The van der Waals surface area contributed by atoms with E-state index in [-0.39, 0.29) is 16.9 Å². The van der Waals surface area contributed by atoms with Gasteiger partial charge in [0.05, 0.1) is 17.6 Å². The smallest absolute Gasteiger partial charge is 0.251 e. The van der Waals surface area contributed by atoms with E-state index in [2.05, 4.69) is 5.32 Å². The largest absolute Gasteiger partial charge is 0.385 e. The lowest BCUT2D eigenvalue weighted by Crippen LogP contribution is -2.44. The third kappa shape index (κ3) is 4.76. The number of rotatable bonds is 7. The minimum atomic E-state index is -3.63. The fraction of sp³-hybridized carbons (Fsp3) is 0.562. The van der Waals surface area contributed by atoms with Crippen LogP contribution in [-0.2, 0) is 19.5 Å². The Labute approximate surface area is 143 Å². The van der Waals surface area contributed by atoms with Crippen molar-refractivity contribution >= 4 is 15.9 Å². The van der Waals surface area contributed by atoms with Gasteiger partial charge in [-0.15, -0.1) is 0 Å². The van der Waals surface area contributed by atoms with Crippen LogP contribution in [-0.4, -0.2) is 64.7 Å². The van der Waals surface area contributed by atoms with E-state index in [1.54, 1.807) is 19.2 Å². The van der Waals surface area contributed by atoms with Gasteiger partial charge in [0.2, 0.25) is 10.0 Å². The number of amides is 1. The van der Waals surface area contributed by atoms with Crippen LogP contribution < -0.4 is 5.32 Å². The standard InChI is InChI=1S/C16H24N2O5S/c1-13-12-18(8-10-23-13)24(20,21)15-6-3-5-14(11-15)16(19)17-7-4-9-22-2/h3,5-6,11,13H,4,7-10,12H2,1-2H3,(H,17,19). The van der Waals surface area contributed by atoms with Gasteiger partial charge in [0.15, 0.2) is 0 Å². The number of ether oxygens (including phenoxy) is 2. The molecule has 24 heavy (non-hydrogen) atoms. The zero-order chi connectivity index (χ0) is 17.6. The predicted octanol–water partition coefficient (Wildman–Crippen LogP) is 0.862. The van der Waals surface area contributed by atoms with E-state index in [1.807, 2.05) is 6.92 Å². The summed E-state index contributed by atoms with van der Waals surface area (Å²) in [6, 6.07) is 6.12. The molecule has 1 N–H and O–H groups in total. The van der Waals surface area contributed by atoms with Gasteiger partial charge in [-0.1, -0.05) is 6.07 Å². The van der Waals surface area contributed by atoms with E-state index in [0.717, 1.165) is 0 Å². The molecule has 0 aromatic heterocycles. The van der Waals surface area contributed by atoms with Crippen LogP contribution in [0.25, 0.3) is 0 Å². The second-order valence-corrected chi connectivity index (χ2v) is 7.61. The molecule has 1 aliphatic heterocycles. The van der Waals surface area contributed by atoms with E-state index < -0.39 is 10.0 Å². The maximum absolute atomic E-state index is 12.7. The number of nitrogens with zero attached hydrogens (tertiary/aromatic N) is 1. The summed E-state index contributed by atoms with van der Waals surface area (Å²) in [5, 5.41) is 2.75. The number of morpholine rings is 1. The van der Waals surface area contributed by atoms with Crippen molar-refractivity contribution in [3.63, 3.8) is 0 Å². The number of sulfonamides is 1. The monoisotopic (exact) mass is 356 g/mol. The van der Waals surface area contributed by atoms with Gasteiger partial charge in [0.25, 0.3) is 5.91 Å². The molecule has 1 aromatic rings. The van der Waals surface area contributed by atoms with Gasteiger partial charge in [-0.3, -0.25) is 4.79 Å². The van der Waals surface area contributed by atoms with Crippen molar-refractivity contribution in [2.45, 2.75) is 24.3 Å². The third-order valence-electron chi connectivity index (χ3n) is 3.75. The Bertz CT molecular complexity index is 662. The molecule has 1 saturated heterocycles. The summed E-state index contributed by atoms with van der Waals surface area (Å²) in [5.41, 5.74) is 0.329. The van der Waals surface area contributed by atoms with Crippen LogP contribution in [0.5, 0.6) is 0 Å². The first-order chi connectivity index (χ1) is 11.4. The zero-order valence-electron chi connectivity index (χ0n) is 14.0. The lowest BCUT2D eigenvalue weighted by atomic mass is 10.2. The second-order valence-electron chi connectivity index (χ2n) is 5.67. The quantitative estimate of drug-likeness (QED) is 0.733. The first kappa shape index (κ1) is 18.9. The third-order valence-corrected chi connectivity index (χ3v) is 5.61. The van der Waals surface area contributed by atoms with Gasteiger partial charge in [-0.05, 0) is 31.5 Å². The molecule has 0 saturated carbocycles. The highest BCUT2D eigenvalue weighted by molar-refractivity contribution is 7.89. The van der Waals surface area contributed by atoms with Crippen LogP contribution in [0.3, 0.4) is 0 Å². The summed E-state index contributed by atoms with van der Waals surface area (Å²) in [6.07, 6.45) is 0.562. The van der Waals surface area contributed by atoms with Gasteiger partial charge in [-0.25, -0.2) is 8.42 Å². The molecule has 1 amide bonds. The minimum absolute atomic E-state index is 0.126. The molecule has 1 heterocycles. The van der Waals surface area contributed by atoms with Crippen molar-refractivity contribution in [1.29, 1.82) is 0 Å². The van der Waals surface area contributed by atoms with E-state index in [0.29, 0.717) is 44.8 Å². The molecule has 0 spiro atoms. The Balaban J connectivity index is 2.10. The molecule has 1 aromatic carbocycles. The molecule has 1 fully saturated rings. The molecule has 8 heteroatoms. The van der Waals surface area contributed by atoms with E-state index in [4.69, 9.17) is 9.47 Å². The van der Waals surface area contributed by atoms with Crippen LogP contribution in [0.2, 0.25) is 0 Å². The molecule has 2 rings (SSSR count). The van der Waals surface area contributed by atoms with E-state index in [9.17, 15) is 13.2 Å². The minimum Gasteiger partial charge on any atom is -0.385 e. The second kappa shape index (κ2) is 8.57. The molecular formula is C16H24N2O5S. The van der Waals surface area contributed by atoms with E-state index >= 15 is 0 Å². The van der Waals surface area contributed by atoms with E-state index in [1.165, 1.54) is 16.4 Å². The van der Waals surface area contributed by atoms with Crippen molar-refractivity contribution in [3.05, 3.63) is 29.8 Å². The van der Waals surface area contributed by atoms with Crippen LogP contribution in [0.15, 0.2) is 29.2 Å². The Morgan fingerprint density at radius 2 is 2.25 bits per heavy atom. The van der Waals surface area contributed by atoms with Crippen molar-refractivity contribution in [1.82, 2.24) is 9.62 Å². The lowest BCUT2D eigenvalue weighted by Gasteiger charge is -2.30. The number of methoxy groups -OCH3 is 1. The first-order valence-corrected chi connectivity index (χ1v) is 9.38. The average molecular weight is 356 g/mol. The number of carbonyl (C=O) groups excluding carboxylic acids is 1. The Morgan fingerprint density at radius 3 is 2.96 bits per heavy atom. The van der Waals surface area contributed by atoms with Crippen molar-refractivity contribution in [2.24, 2.45) is 0 Å². The summed E-state index contributed by atoms with van der Waals surface area (Å²) in [7, 11) is -2.03. The molecular weight excluding hydrogens is 332 g/mol. The lowest BCUT2D eigenvalue weighted by molar-refractivity contribution is 0.0102. The van der Waals surface area contributed by atoms with Crippen molar-refractivity contribution in [3.8, 4) is 0 Å². The van der Waals surface area contributed by atoms with Crippen molar-refractivity contribution < 1.29 is 22.7 Å². The maximum atomic E-state index is 12.7. The topological polar surface area (TPSA) is 84.9 Å². The molecule has 1 aliphatic rings. The molecule has 0 radical (unpaired) electrons. The summed E-state index contributed by atoms with van der Waals surface area (Å²) in [5.74, 6) is -0.293. The molecule has 0 aliphatic carbocycles. The number of hydrogen-bond donors (Lipinski definition) is 1. The van der Waals surface area contributed by atoms with Gasteiger partial charge >= 0.3 is 0 Å². The number of carbonyl (C=O) groups is 1. The van der Waals surface area contributed by atoms with Crippen molar-refractivity contribution in [2.75, 3.05) is 40.0 Å². The molecule has 1 atom stereocenters. The molecule has 134 valence electrons. The highest BCUT2D eigenvalue weighted by atomic mass is 32.2. The molecule has 1 unspecified atom stereocenters. The number of nitrogens with one attached hydrogen (secondary N) is 1. The average Bonchev–Trinajstić information content (AvgIpc) is 2.58. The fourth-order valence-electron chi connectivity index (χ4n) is 2.47. The highest BCUT2D eigenvalue weighted by Crippen LogP contribution is 2.19. The summed E-state index contributed by atoms with van der Waals surface area (Å²) >= 11 is 0. The number of hydrogen-bond acceptors (Lipinski definition) is 5. The van der Waals surface area contributed by atoms with Gasteiger partial charge in [-0.2, -0.15) is 4.31 Å². The van der Waals surface area contributed by atoms with Gasteiger partial charge in [0, 0.05) is 38.9 Å². The summed E-state index contributed by atoms with van der Waals surface area (Å²) in [6.45, 7) is 3.88. The van der Waals surface area contributed by atoms with Gasteiger partial charge in [0.1, 0.15) is 0 Å². The van der Waals surface area contributed by atoms with Crippen LogP contribution >= 0.6 is 0 Å². The maximum Gasteiger partial charge on any atom is 0.251 e. The number of benzene rings is 1. The zero-order valence-corrected chi connectivity index (χ0v) is 14.8. The van der Waals surface area contributed by atoms with Crippen LogP contribution in [0.4, 0.5) is 0 Å².